The molecule has 2 aromatic carbocycles. The Labute approximate surface area is 222 Å². The fourth-order valence-electron chi connectivity index (χ4n) is 4.99. The molecule has 0 spiro atoms. The molecule has 3 heterocycles. The van der Waals surface area contributed by atoms with Crippen LogP contribution in [0, 0.1) is 0 Å². The van der Waals surface area contributed by atoms with Crippen molar-refractivity contribution in [3.63, 3.8) is 0 Å². The second-order valence-corrected chi connectivity index (χ2v) is 9.65. The van der Waals surface area contributed by atoms with Crippen molar-refractivity contribution in [2.24, 2.45) is 4.99 Å². The van der Waals surface area contributed by atoms with E-state index in [4.69, 9.17) is 14.2 Å². The molecule has 1 atom stereocenters. The number of carbonyl (C=O) groups is 2. The topological polar surface area (TPSA) is 99.4 Å². The first-order valence-corrected chi connectivity index (χ1v) is 13.0. The van der Waals surface area contributed by atoms with Crippen LogP contribution in [0.1, 0.15) is 37.9 Å². The molecule has 5 rings (SSSR count). The number of methoxy groups -OCH3 is 2. The van der Waals surface area contributed by atoms with E-state index in [9.17, 15) is 14.4 Å². The number of allylic oxidation sites excluding steroid dienone is 1. The van der Waals surface area contributed by atoms with Crippen molar-refractivity contribution in [1.82, 2.24) is 4.57 Å². The lowest BCUT2D eigenvalue weighted by Crippen LogP contribution is -2.41. The van der Waals surface area contributed by atoms with E-state index >= 15 is 0 Å². The first-order chi connectivity index (χ1) is 18.4. The van der Waals surface area contributed by atoms with Gasteiger partial charge in [-0.05, 0) is 39.0 Å². The van der Waals surface area contributed by atoms with E-state index in [0.717, 1.165) is 17.0 Å². The molecule has 1 aromatic heterocycles. The molecule has 2 aliphatic rings. The second kappa shape index (κ2) is 9.94. The zero-order valence-electron chi connectivity index (χ0n) is 21.7. The molecule has 0 N–H and O–H groups in total. The number of hydrogen-bond donors (Lipinski definition) is 0. The van der Waals surface area contributed by atoms with E-state index < -0.39 is 17.6 Å². The van der Waals surface area contributed by atoms with Crippen LogP contribution < -0.4 is 29.3 Å². The molecular weight excluding hydrogens is 506 g/mol. The molecule has 10 heteroatoms. The van der Waals surface area contributed by atoms with Gasteiger partial charge < -0.3 is 19.1 Å². The molecule has 38 heavy (non-hydrogen) atoms. The number of esters is 1. The first kappa shape index (κ1) is 25.5. The van der Waals surface area contributed by atoms with E-state index in [-0.39, 0.29) is 22.6 Å². The van der Waals surface area contributed by atoms with Gasteiger partial charge in [-0.1, -0.05) is 29.5 Å². The zero-order chi connectivity index (χ0) is 27.1. The van der Waals surface area contributed by atoms with Crippen LogP contribution in [0.15, 0.2) is 63.5 Å². The standard InChI is InChI=1S/C28H27N3O6S/c1-6-30-19-11-9-8-10-17(19)22(25(30)32)24-26(33)31-23(18-13-12-16(35-4)14-20(18)36-5)21(27(34)37-7-2)15(3)29-28(31)38-24/h8-14,23H,6-7H2,1-5H3/b24-22+/t23-/m1/s1. The number of rotatable bonds is 6. The van der Waals surface area contributed by atoms with Crippen molar-refractivity contribution in [2.45, 2.75) is 26.8 Å². The Morgan fingerprint density at radius 2 is 1.84 bits per heavy atom. The minimum atomic E-state index is -0.880. The number of amides is 1. The molecule has 2 aliphatic heterocycles. The van der Waals surface area contributed by atoms with Gasteiger partial charge in [0.2, 0.25) is 0 Å². The molecule has 196 valence electrons. The Hall–Kier alpha value is -4.18. The third-order valence-electron chi connectivity index (χ3n) is 6.69. The summed E-state index contributed by atoms with van der Waals surface area (Å²) in [6.45, 7) is 5.95. The van der Waals surface area contributed by atoms with Crippen LogP contribution >= 0.6 is 11.3 Å². The maximum absolute atomic E-state index is 14.2. The predicted molar refractivity (Wildman–Crippen MR) is 143 cm³/mol. The minimum Gasteiger partial charge on any atom is -0.497 e. The molecule has 0 fully saturated rings. The van der Waals surface area contributed by atoms with E-state index in [1.165, 1.54) is 11.7 Å². The van der Waals surface area contributed by atoms with Crippen molar-refractivity contribution >= 4 is 34.5 Å². The van der Waals surface area contributed by atoms with Crippen molar-refractivity contribution in [3.8, 4) is 11.5 Å². The van der Waals surface area contributed by atoms with Gasteiger partial charge >= 0.3 is 5.97 Å². The van der Waals surface area contributed by atoms with Crippen LogP contribution in [-0.2, 0) is 14.3 Å². The molecule has 3 aromatic rings. The molecule has 0 saturated carbocycles. The van der Waals surface area contributed by atoms with Crippen molar-refractivity contribution in [1.29, 1.82) is 0 Å². The summed E-state index contributed by atoms with van der Waals surface area (Å²) in [5.74, 6) is 0.183. The van der Waals surface area contributed by atoms with Gasteiger partial charge in [0.15, 0.2) is 4.80 Å². The smallest absolute Gasteiger partial charge is 0.338 e. The summed E-state index contributed by atoms with van der Waals surface area (Å²) in [5, 5.41) is 0. The monoisotopic (exact) mass is 533 g/mol. The van der Waals surface area contributed by atoms with Gasteiger partial charge in [0, 0.05) is 23.7 Å². The normalized spacial score (nSPS) is 17.7. The summed E-state index contributed by atoms with van der Waals surface area (Å²) in [5.41, 5.74) is 2.61. The number of aromatic nitrogens is 1. The summed E-state index contributed by atoms with van der Waals surface area (Å²) in [4.78, 5) is 47.5. The summed E-state index contributed by atoms with van der Waals surface area (Å²) in [7, 11) is 3.06. The van der Waals surface area contributed by atoms with Crippen LogP contribution in [0.2, 0.25) is 0 Å². The molecule has 9 nitrogen and oxygen atoms in total. The maximum Gasteiger partial charge on any atom is 0.338 e. The number of likely N-dealkylation sites (N-methyl/N-ethyl adjacent to an activating group) is 1. The van der Waals surface area contributed by atoms with Crippen LogP contribution in [0.5, 0.6) is 11.5 Å². The fourth-order valence-corrected chi connectivity index (χ4v) is 6.13. The Balaban J connectivity index is 1.85. The SMILES string of the molecule is CCOC(=O)C1=C(C)N=c2s/c(=C3/C(=O)N(CC)c4ccccc43)c(=O)n2[C@@H]1c1ccc(OC)cc1OC. The molecule has 0 saturated heterocycles. The number of nitrogens with zero attached hydrogens (tertiary/aromatic N) is 3. The highest BCUT2D eigenvalue weighted by atomic mass is 32.1. The van der Waals surface area contributed by atoms with E-state index in [0.29, 0.717) is 45.2 Å². The lowest BCUT2D eigenvalue weighted by molar-refractivity contribution is -0.139. The van der Waals surface area contributed by atoms with Crippen LogP contribution in [0.3, 0.4) is 0 Å². The Morgan fingerprint density at radius 3 is 2.53 bits per heavy atom. The van der Waals surface area contributed by atoms with Gasteiger partial charge in [-0.3, -0.25) is 14.2 Å². The quantitative estimate of drug-likeness (QED) is 0.452. The van der Waals surface area contributed by atoms with Crippen LogP contribution in [-0.4, -0.2) is 43.8 Å². The highest BCUT2D eigenvalue weighted by Crippen LogP contribution is 2.38. The zero-order valence-corrected chi connectivity index (χ0v) is 22.5. The summed E-state index contributed by atoms with van der Waals surface area (Å²) in [6.07, 6.45) is 0. The predicted octanol–water partition coefficient (Wildman–Crippen LogP) is 2.55. The van der Waals surface area contributed by atoms with E-state index in [1.54, 1.807) is 44.1 Å². The van der Waals surface area contributed by atoms with Gasteiger partial charge in [-0.2, -0.15) is 0 Å². The van der Waals surface area contributed by atoms with E-state index in [2.05, 4.69) is 4.99 Å². The Kier molecular flexibility index (Phi) is 6.66. The Bertz CT molecular complexity index is 1680. The molecule has 0 aliphatic carbocycles. The highest BCUT2D eigenvalue weighted by Gasteiger charge is 2.38. The number of para-hydroxylation sites is 1. The number of ether oxygens (including phenoxy) is 3. The summed E-state index contributed by atoms with van der Waals surface area (Å²) < 4.78 is 18.1. The molecule has 0 bridgehead atoms. The molecule has 1 amide bonds. The van der Waals surface area contributed by atoms with E-state index in [1.807, 2.05) is 31.2 Å². The molecule has 0 radical (unpaired) electrons. The largest absolute Gasteiger partial charge is 0.497 e. The van der Waals surface area contributed by atoms with Crippen LogP contribution in [0.4, 0.5) is 5.69 Å². The van der Waals surface area contributed by atoms with Gasteiger partial charge in [0.05, 0.1) is 43.4 Å². The third-order valence-corrected chi connectivity index (χ3v) is 7.75. The second-order valence-electron chi connectivity index (χ2n) is 8.67. The first-order valence-electron chi connectivity index (χ1n) is 12.2. The lowest BCUT2D eigenvalue weighted by atomic mass is 9.95. The van der Waals surface area contributed by atoms with Gasteiger partial charge in [-0.25, -0.2) is 9.79 Å². The molecular formula is C28H27N3O6S. The van der Waals surface area contributed by atoms with Crippen LogP contribution in [0.25, 0.3) is 5.57 Å². The van der Waals surface area contributed by atoms with Gasteiger partial charge in [0.25, 0.3) is 11.5 Å². The average molecular weight is 534 g/mol. The number of fused-ring (bicyclic) bond motifs is 2. The lowest BCUT2D eigenvalue weighted by Gasteiger charge is -2.26. The average Bonchev–Trinajstić information content (AvgIpc) is 3.39. The number of carbonyl (C=O) groups excluding carboxylic acids is 2. The number of benzene rings is 2. The molecule has 0 unspecified atom stereocenters. The van der Waals surface area contributed by atoms with Gasteiger partial charge in [0.1, 0.15) is 22.1 Å². The maximum atomic E-state index is 14.2. The van der Waals surface area contributed by atoms with Crippen molar-refractivity contribution in [2.75, 3.05) is 32.3 Å². The summed E-state index contributed by atoms with van der Waals surface area (Å²) in [6, 6.07) is 11.7. The Morgan fingerprint density at radius 1 is 1.08 bits per heavy atom. The fraction of sp³-hybridized carbons (Fsp3) is 0.286. The minimum absolute atomic E-state index is 0.161. The summed E-state index contributed by atoms with van der Waals surface area (Å²) >= 11 is 1.14. The van der Waals surface area contributed by atoms with Crippen molar-refractivity contribution < 1.29 is 23.8 Å². The van der Waals surface area contributed by atoms with Gasteiger partial charge in [-0.15, -0.1) is 0 Å². The number of hydrogen-bond acceptors (Lipinski definition) is 8. The third kappa shape index (κ3) is 3.83. The van der Waals surface area contributed by atoms with Crippen molar-refractivity contribution in [3.05, 3.63) is 84.5 Å². The number of anilines is 1. The number of thiazole rings is 1. The highest BCUT2D eigenvalue weighted by molar-refractivity contribution is 7.07.